The minimum Gasteiger partial charge on any atom is -0.381 e. The second kappa shape index (κ2) is 7.41. The third-order valence-electron chi connectivity index (χ3n) is 5.78. The Morgan fingerprint density at radius 1 is 1.07 bits per heavy atom. The molecule has 2 aromatic heterocycles. The molecule has 2 aromatic carbocycles. The number of nitrogens with one attached hydrogen (secondary N) is 3. The first-order valence-electron chi connectivity index (χ1n) is 10.0. The van der Waals surface area contributed by atoms with Crippen LogP contribution in [0.3, 0.4) is 0 Å². The Morgan fingerprint density at radius 3 is 2.67 bits per heavy atom. The van der Waals surface area contributed by atoms with Crippen molar-refractivity contribution in [1.82, 2.24) is 15.0 Å². The summed E-state index contributed by atoms with van der Waals surface area (Å²) in [4.78, 5) is 23.6. The highest BCUT2D eigenvalue weighted by molar-refractivity contribution is 6.31. The molecule has 2 heterocycles. The van der Waals surface area contributed by atoms with Gasteiger partial charge in [0.2, 0.25) is 0 Å². The molecule has 0 spiro atoms. The fraction of sp³-hybridized carbons (Fsp3) is 0.273. The lowest BCUT2D eigenvalue weighted by Crippen LogP contribution is -2.33. The van der Waals surface area contributed by atoms with Crippen LogP contribution in [-0.2, 0) is 0 Å². The summed E-state index contributed by atoms with van der Waals surface area (Å²) in [7, 11) is 0. The van der Waals surface area contributed by atoms with E-state index in [1.54, 1.807) is 18.2 Å². The molecule has 5 N–H and O–H groups in total. The average Bonchev–Trinajstić information content (AvgIpc) is 3.12. The summed E-state index contributed by atoms with van der Waals surface area (Å²) in [6.45, 7) is 0. The number of imidazole rings is 1. The Balaban J connectivity index is 1.71. The number of benzene rings is 2. The number of halogens is 2. The van der Waals surface area contributed by atoms with Crippen molar-refractivity contribution in [1.29, 1.82) is 0 Å². The molecule has 1 aliphatic carbocycles. The minimum atomic E-state index is -0.367. The lowest BCUT2D eigenvalue weighted by molar-refractivity contribution is 0.411. The van der Waals surface area contributed by atoms with E-state index in [4.69, 9.17) is 17.3 Å². The molecule has 1 saturated carbocycles. The van der Waals surface area contributed by atoms with E-state index in [0.29, 0.717) is 38.6 Å². The van der Waals surface area contributed by atoms with E-state index in [1.807, 2.05) is 6.07 Å². The summed E-state index contributed by atoms with van der Waals surface area (Å²) in [6, 6.07) is 10.1. The molecule has 30 heavy (non-hydrogen) atoms. The second-order valence-electron chi connectivity index (χ2n) is 7.90. The monoisotopic (exact) mass is 425 g/mol. The van der Waals surface area contributed by atoms with Gasteiger partial charge in [-0.25, -0.2) is 9.37 Å². The molecule has 1 fully saturated rings. The number of nitrogens with two attached hydrogens (primary N) is 1. The largest absolute Gasteiger partial charge is 0.381 e. The Bertz CT molecular complexity index is 1310. The van der Waals surface area contributed by atoms with Crippen LogP contribution < -0.4 is 16.6 Å². The number of pyridine rings is 1. The first kappa shape index (κ1) is 19.1. The maximum Gasteiger partial charge on any atom is 0.261 e. The van der Waals surface area contributed by atoms with Crippen molar-refractivity contribution in [3.8, 4) is 11.4 Å². The standard InChI is InChI=1S/C22H21ClFN5O/c23-11-1-7-16-15(9-11)20(26-14-5-3-13(25)4-6-14)19(22(30)29-16)21-27-17-8-2-12(24)10-18(17)28-21/h1-2,7-10,13-14H,3-6,25H2,(H,27,28)(H2,26,29,30). The van der Waals surface area contributed by atoms with Crippen molar-refractivity contribution in [3.05, 3.63) is 57.6 Å². The number of aromatic amines is 2. The molecule has 0 aliphatic heterocycles. The molecule has 0 atom stereocenters. The highest BCUT2D eigenvalue weighted by Gasteiger charge is 2.23. The van der Waals surface area contributed by atoms with Crippen molar-refractivity contribution < 1.29 is 4.39 Å². The van der Waals surface area contributed by atoms with Crippen LogP contribution in [-0.4, -0.2) is 27.0 Å². The molecule has 1 aliphatic rings. The maximum absolute atomic E-state index is 13.6. The van der Waals surface area contributed by atoms with Gasteiger partial charge >= 0.3 is 0 Å². The van der Waals surface area contributed by atoms with Crippen LogP contribution in [0.15, 0.2) is 41.2 Å². The van der Waals surface area contributed by atoms with Gasteiger partial charge in [-0.1, -0.05) is 11.6 Å². The average molecular weight is 426 g/mol. The number of fused-ring (bicyclic) bond motifs is 2. The van der Waals surface area contributed by atoms with Crippen LogP contribution in [0.1, 0.15) is 25.7 Å². The Labute approximate surface area is 176 Å². The van der Waals surface area contributed by atoms with Gasteiger partial charge in [0.25, 0.3) is 5.56 Å². The fourth-order valence-corrected chi connectivity index (χ4v) is 4.38. The maximum atomic E-state index is 13.6. The first-order valence-corrected chi connectivity index (χ1v) is 10.4. The van der Waals surface area contributed by atoms with E-state index in [1.165, 1.54) is 12.1 Å². The molecule has 4 aromatic rings. The Kier molecular flexibility index (Phi) is 4.72. The van der Waals surface area contributed by atoms with Crippen molar-refractivity contribution in [2.24, 2.45) is 5.73 Å². The van der Waals surface area contributed by atoms with Gasteiger partial charge in [-0.2, -0.15) is 0 Å². The summed E-state index contributed by atoms with van der Waals surface area (Å²) in [5.74, 6) is 0.0162. The van der Waals surface area contributed by atoms with E-state index >= 15 is 0 Å². The van der Waals surface area contributed by atoms with Crippen molar-refractivity contribution in [2.75, 3.05) is 5.32 Å². The summed E-state index contributed by atoms with van der Waals surface area (Å²) < 4.78 is 13.6. The molecular formula is C22H21ClFN5O. The van der Waals surface area contributed by atoms with Gasteiger partial charge in [0.05, 0.1) is 22.2 Å². The van der Waals surface area contributed by atoms with Gasteiger partial charge in [0, 0.05) is 22.5 Å². The van der Waals surface area contributed by atoms with Gasteiger partial charge in [-0.15, -0.1) is 0 Å². The van der Waals surface area contributed by atoms with Gasteiger partial charge < -0.3 is 21.0 Å². The fourth-order valence-electron chi connectivity index (χ4n) is 4.21. The molecule has 0 amide bonds. The van der Waals surface area contributed by atoms with Crippen LogP contribution in [0, 0.1) is 5.82 Å². The molecule has 154 valence electrons. The molecule has 8 heteroatoms. The van der Waals surface area contributed by atoms with Crippen LogP contribution in [0.4, 0.5) is 10.1 Å². The number of hydrogen-bond donors (Lipinski definition) is 4. The molecule has 5 rings (SSSR count). The zero-order valence-corrected chi connectivity index (χ0v) is 16.9. The molecule has 0 radical (unpaired) electrons. The number of hydrogen-bond acceptors (Lipinski definition) is 4. The Hall–Kier alpha value is -2.90. The van der Waals surface area contributed by atoms with E-state index in [0.717, 1.165) is 31.1 Å². The molecule has 6 nitrogen and oxygen atoms in total. The molecule has 0 bridgehead atoms. The van der Waals surface area contributed by atoms with Crippen molar-refractivity contribution >= 4 is 39.2 Å². The van der Waals surface area contributed by atoms with Crippen LogP contribution in [0.5, 0.6) is 0 Å². The summed E-state index contributed by atoms with van der Waals surface area (Å²) in [6.07, 6.45) is 3.69. The first-order chi connectivity index (χ1) is 14.5. The number of H-pyrrole nitrogens is 2. The highest BCUT2D eigenvalue weighted by Crippen LogP contribution is 2.34. The molecular weight excluding hydrogens is 405 g/mol. The minimum absolute atomic E-state index is 0.189. The molecule has 0 unspecified atom stereocenters. The van der Waals surface area contributed by atoms with E-state index in [9.17, 15) is 9.18 Å². The van der Waals surface area contributed by atoms with E-state index in [-0.39, 0.29) is 23.5 Å². The Morgan fingerprint density at radius 2 is 1.87 bits per heavy atom. The normalized spacial score (nSPS) is 19.4. The number of nitrogens with zero attached hydrogens (tertiary/aromatic N) is 1. The van der Waals surface area contributed by atoms with Crippen molar-refractivity contribution in [3.63, 3.8) is 0 Å². The van der Waals surface area contributed by atoms with Crippen molar-refractivity contribution in [2.45, 2.75) is 37.8 Å². The number of anilines is 1. The zero-order valence-electron chi connectivity index (χ0n) is 16.1. The second-order valence-corrected chi connectivity index (χ2v) is 8.33. The SMILES string of the molecule is NC1CCC(Nc2c(-c3nc4ccc(F)cc4[nH]3)c(=O)[nH]c3ccc(Cl)cc23)CC1. The van der Waals surface area contributed by atoms with Gasteiger partial charge in [-0.3, -0.25) is 4.79 Å². The van der Waals surface area contributed by atoms with Gasteiger partial charge in [0.1, 0.15) is 17.2 Å². The third kappa shape index (κ3) is 3.44. The lowest BCUT2D eigenvalue weighted by atomic mass is 9.91. The summed E-state index contributed by atoms with van der Waals surface area (Å²) in [5.41, 5.74) is 8.65. The van der Waals surface area contributed by atoms with E-state index < -0.39 is 0 Å². The van der Waals surface area contributed by atoms with Crippen LogP contribution in [0.25, 0.3) is 33.3 Å². The topological polar surface area (TPSA) is 99.6 Å². The van der Waals surface area contributed by atoms with Crippen LogP contribution in [0.2, 0.25) is 5.02 Å². The number of aromatic nitrogens is 3. The number of rotatable bonds is 3. The smallest absolute Gasteiger partial charge is 0.261 e. The van der Waals surface area contributed by atoms with Gasteiger partial charge in [0.15, 0.2) is 0 Å². The third-order valence-corrected chi connectivity index (χ3v) is 6.01. The summed E-state index contributed by atoms with van der Waals surface area (Å²) >= 11 is 6.27. The van der Waals surface area contributed by atoms with Crippen LogP contribution >= 0.6 is 11.6 Å². The summed E-state index contributed by atoms with van der Waals surface area (Å²) in [5, 5.41) is 4.94. The van der Waals surface area contributed by atoms with Gasteiger partial charge in [-0.05, 0) is 62.1 Å². The quantitative estimate of drug-likeness (QED) is 0.387. The zero-order chi connectivity index (χ0) is 20.8. The predicted octanol–water partition coefficient (Wildman–Crippen LogP) is 4.55. The van der Waals surface area contributed by atoms with E-state index in [2.05, 4.69) is 20.3 Å². The lowest BCUT2D eigenvalue weighted by Gasteiger charge is -2.28. The molecule has 0 saturated heterocycles. The highest BCUT2D eigenvalue weighted by atomic mass is 35.5. The predicted molar refractivity (Wildman–Crippen MR) is 118 cm³/mol.